The van der Waals surface area contributed by atoms with E-state index in [4.69, 9.17) is 4.74 Å². The molecule has 0 bridgehead atoms. The SMILES string of the molecule is CN=C(NCC1(Sc2ccccc2)CC1)NC1C2CCOC2C1(C)C.I. The van der Waals surface area contributed by atoms with Gasteiger partial charge in [0.15, 0.2) is 5.96 Å². The van der Waals surface area contributed by atoms with Crippen LogP contribution in [0.25, 0.3) is 0 Å². The van der Waals surface area contributed by atoms with Crippen molar-refractivity contribution in [1.29, 1.82) is 0 Å². The summed E-state index contributed by atoms with van der Waals surface area (Å²) in [6, 6.07) is 11.2. The van der Waals surface area contributed by atoms with Crippen molar-refractivity contribution < 1.29 is 4.74 Å². The molecule has 144 valence electrons. The van der Waals surface area contributed by atoms with E-state index in [1.807, 2.05) is 18.8 Å². The smallest absolute Gasteiger partial charge is 0.191 e. The van der Waals surface area contributed by atoms with Crippen molar-refractivity contribution in [3.63, 3.8) is 0 Å². The highest BCUT2D eigenvalue weighted by molar-refractivity contribution is 14.0. The van der Waals surface area contributed by atoms with Gasteiger partial charge in [-0.3, -0.25) is 4.99 Å². The van der Waals surface area contributed by atoms with Crippen molar-refractivity contribution in [2.45, 2.75) is 54.9 Å². The molecule has 26 heavy (non-hydrogen) atoms. The van der Waals surface area contributed by atoms with E-state index in [0.717, 1.165) is 25.5 Å². The van der Waals surface area contributed by atoms with E-state index in [1.54, 1.807) is 0 Å². The fraction of sp³-hybridized carbons (Fsp3) is 0.650. The maximum Gasteiger partial charge on any atom is 0.191 e. The second-order valence-electron chi connectivity index (χ2n) is 8.21. The Hall–Kier alpha value is -0.470. The molecule has 4 rings (SSSR count). The van der Waals surface area contributed by atoms with Crippen LogP contribution in [0.15, 0.2) is 40.2 Å². The number of rotatable bonds is 5. The molecule has 4 nitrogen and oxygen atoms in total. The van der Waals surface area contributed by atoms with Gasteiger partial charge in [0.25, 0.3) is 0 Å². The molecule has 0 spiro atoms. The average molecular weight is 487 g/mol. The first-order valence-corrected chi connectivity index (χ1v) is 10.2. The van der Waals surface area contributed by atoms with Crippen LogP contribution in [-0.4, -0.2) is 43.1 Å². The lowest BCUT2D eigenvalue weighted by Crippen LogP contribution is -2.68. The molecule has 3 atom stereocenters. The first-order chi connectivity index (χ1) is 12.0. The average Bonchev–Trinajstić information content (AvgIpc) is 3.21. The fourth-order valence-corrected chi connectivity index (χ4v) is 5.64. The van der Waals surface area contributed by atoms with Crippen molar-refractivity contribution in [3.8, 4) is 0 Å². The van der Waals surface area contributed by atoms with Crippen molar-refractivity contribution in [2.24, 2.45) is 16.3 Å². The molecule has 1 aliphatic heterocycles. The highest BCUT2D eigenvalue weighted by Gasteiger charge is 2.59. The van der Waals surface area contributed by atoms with Crippen molar-refractivity contribution >= 4 is 41.7 Å². The van der Waals surface area contributed by atoms with Crippen molar-refractivity contribution in [3.05, 3.63) is 30.3 Å². The molecule has 0 amide bonds. The van der Waals surface area contributed by atoms with E-state index < -0.39 is 0 Å². The number of fused-ring (bicyclic) bond motifs is 1. The zero-order valence-corrected chi connectivity index (χ0v) is 19.0. The van der Waals surface area contributed by atoms with Gasteiger partial charge in [-0.25, -0.2) is 0 Å². The van der Waals surface area contributed by atoms with Gasteiger partial charge in [-0.15, -0.1) is 35.7 Å². The van der Waals surface area contributed by atoms with Gasteiger partial charge in [-0.05, 0) is 31.4 Å². The Balaban J connectivity index is 0.00000196. The molecule has 1 heterocycles. The number of halogens is 1. The third-order valence-electron chi connectivity index (χ3n) is 6.08. The van der Waals surface area contributed by atoms with Crippen LogP contribution in [0.5, 0.6) is 0 Å². The van der Waals surface area contributed by atoms with Gasteiger partial charge in [-0.1, -0.05) is 32.0 Å². The quantitative estimate of drug-likeness (QED) is 0.376. The Bertz CT molecular complexity index is 648. The van der Waals surface area contributed by atoms with Gasteiger partial charge >= 0.3 is 0 Å². The number of nitrogens with zero attached hydrogens (tertiary/aromatic N) is 1. The van der Waals surface area contributed by atoms with E-state index in [0.29, 0.717) is 22.8 Å². The number of aliphatic imine (C=N–C) groups is 1. The Labute approximate surface area is 178 Å². The first kappa shape index (κ1) is 20.3. The van der Waals surface area contributed by atoms with Gasteiger partial charge in [0.2, 0.25) is 0 Å². The molecule has 0 radical (unpaired) electrons. The molecule has 1 saturated heterocycles. The van der Waals surface area contributed by atoms with Crippen molar-refractivity contribution in [2.75, 3.05) is 20.2 Å². The van der Waals surface area contributed by atoms with Gasteiger partial charge < -0.3 is 15.4 Å². The summed E-state index contributed by atoms with van der Waals surface area (Å²) < 4.78 is 6.23. The molecular weight excluding hydrogens is 457 g/mol. The van der Waals surface area contributed by atoms with Gasteiger partial charge in [-0.2, -0.15) is 0 Å². The summed E-state index contributed by atoms with van der Waals surface area (Å²) in [5.41, 5.74) is 0.175. The molecule has 1 aromatic carbocycles. The van der Waals surface area contributed by atoms with Crippen LogP contribution in [0.4, 0.5) is 0 Å². The number of hydrogen-bond acceptors (Lipinski definition) is 3. The second kappa shape index (κ2) is 7.87. The van der Waals surface area contributed by atoms with Gasteiger partial charge in [0.1, 0.15) is 0 Å². The van der Waals surface area contributed by atoms with Crippen LogP contribution >= 0.6 is 35.7 Å². The van der Waals surface area contributed by atoms with E-state index in [9.17, 15) is 0 Å². The van der Waals surface area contributed by atoms with Crippen LogP contribution < -0.4 is 10.6 Å². The molecule has 6 heteroatoms. The standard InChI is InChI=1S/C20H29N3OS.HI/c1-19(2)16(15-9-12-24-17(15)19)23-18(21-3)22-13-20(10-11-20)25-14-7-5-4-6-8-14;/h4-8,15-17H,9-13H2,1-3H3,(H2,21,22,23);1H. The highest BCUT2D eigenvalue weighted by Crippen LogP contribution is 2.52. The van der Waals surface area contributed by atoms with E-state index in [1.165, 1.54) is 17.7 Å². The minimum Gasteiger partial charge on any atom is -0.377 e. The van der Waals surface area contributed by atoms with E-state index in [2.05, 4.69) is 59.8 Å². The molecular formula is C20H30IN3OS. The highest BCUT2D eigenvalue weighted by atomic mass is 127. The molecule has 1 aromatic rings. The van der Waals surface area contributed by atoms with Crippen LogP contribution in [0.3, 0.4) is 0 Å². The largest absolute Gasteiger partial charge is 0.377 e. The summed E-state index contributed by atoms with van der Waals surface area (Å²) >= 11 is 2.00. The molecule has 0 aromatic heterocycles. The minimum atomic E-state index is 0. The predicted octanol–water partition coefficient (Wildman–Crippen LogP) is 3.91. The summed E-state index contributed by atoms with van der Waals surface area (Å²) in [6.45, 7) is 6.47. The van der Waals surface area contributed by atoms with Crippen LogP contribution in [0, 0.1) is 11.3 Å². The third kappa shape index (κ3) is 3.87. The lowest BCUT2D eigenvalue weighted by molar-refractivity contribution is -0.106. The minimum absolute atomic E-state index is 0. The third-order valence-corrected chi connectivity index (χ3v) is 7.57. The number of hydrogen-bond donors (Lipinski definition) is 2. The number of benzene rings is 1. The van der Waals surface area contributed by atoms with Crippen LogP contribution in [0.2, 0.25) is 0 Å². The van der Waals surface area contributed by atoms with Crippen LogP contribution in [-0.2, 0) is 4.74 Å². The molecule has 2 saturated carbocycles. The number of thioether (sulfide) groups is 1. The molecule has 2 aliphatic carbocycles. The van der Waals surface area contributed by atoms with Gasteiger partial charge in [0.05, 0.1) is 6.10 Å². The maximum absolute atomic E-state index is 5.90. The summed E-state index contributed by atoms with van der Waals surface area (Å²) in [5, 5.41) is 7.27. The number of guanidine groups is 1. The van der Waals surface area contributed by atoms with E-state index >= 15 is 0 Å². The normalized spacial score (nSPS) is 30.6. The zero-order valence-electron chi connectivity index (χ0n) is 15.8. The molecule has 2 N–H and O–H groups in total. The topological polar surface area (TPSA) is 45.7 Å². The summed E-state index contributed by atoms with van der Waals surface area (Å²) in [4.78, 5) is 5.83. The zero-order chi connectivity index (χ0) is 17.5. The first-order valence-electron chi connectivity index (χ1n) is 9.37. The Morgan fingerprint density at radius 3 is 2.65 bits per heavy atom. The molecule has 3 aliphatic rings. The molecule has 3 fully saturated rings. The van der Waals surface area contributed by atoms with E-state index in [-0.39, 0.29) is 29.4 Å². The fourth-order valence-electron chi connectivity index (χ4n) is 4.40. The lowest BCUT2D eigenvalue weighted by Gasteiger charge is -2.55. The summed E-state index contributed by atoms with van der Waals surface area (Å²) in [6.07, 6.45) is 4.11. The Kier molecular flexibility index (Phi) is 6.14. The Morgan fingerprint density at radius 1 is 1.27 bits per heavy atom. The Morgan fingerprint density at radius 2 is 2.00 bits per heavy atom. The monoisotopic (exact) mass is 487 g/mol. The summed E-state index contributed by atoms with van der Waals surface area (Å²) in [7, 11) is 1.87. The number of nitrogens with one attached hydrogen (secondary N) is 2. The predicted molar refractivity (Wildman–Crippen MR) is 120 cm³/mol. The number of ether oxygens (including phenoxy) is 1. The summed E-state index contributed by atoms with van der Waals surface area (Å²) in [5.74, 6) is 1.56. The van der Waals surface area contributed by atoms with Gasteiger partial charge in [0, 0.05) is 47.2 Å². The van der Waals surface area contributed by atoms with Crippen LogP contribution in [0.1, 0.15) is 33.1 Å². The molecule has 3 unspecified atom stereocenters. The second-order valence-corrected chi connectivity index (χ2v) is 9.75. The van der Waals surface area contributed by atoms with Crippen molar-refractivity contribution in [1.82, 2.24) is 10.6 Å². The maximum atomic E-state index is 5.90. The lowest BCUT2D eigenvalue weighted by atomic mass is 9.57.